The van der Waals surface area contributed by atoms with E-state index in [0.717, 1.165) is 25.8 Å². The number of rotatable bonds is 6. The van der Waals surface area contributed by atoms with Crippen LogP contribution in [0.25, 0.3) is 0 Å². The van der Waals surface area contributed by atoms with Crippen LogP contribution in [0.1, 0.15) is 63.0 Å². The summed E-state index contributed by atoms with van der Waals surface area (Å²) in [6.45, 7) is 5.12. The molecule has 138 valence electrons. The van der Waals surface area contributed by atoms with Crippen molar-refractivity contribution in [1.82, 2.24) is 10.2 Å². The normalized spacial score (nSPS) is 27.4. The van der Waals surface area contributed by atoms with E-state index in [-0.39, 0.29) is 11.9 Å². The highest BCUT2D eigenvalue weighted by Crippen LogP contribution is 2.26. The van der Waals surface area contributed by atoms with Gasteiger partial charge in [0.25, 0.3) is 0 Å². The van der Waals surface area contributed by atoms with Gasteiger partial charge in [-0.15, -0.1) is 0 Å². The molecule has 1 aliphatic heterocycles. The quantitative estimate of drug-likeness (QED) is 0.834. The molecule has 3 atom stereocenters. The lowest BCUT2D eigenvalue weighted by atomic mass is 9.99. The van der Waals surface area contributed by atoms with Crippen LogP contribution in [0, 0.1) is 5.92 Å². The Morgan fingerprint density at radius 2 is 1.96 bits per heavy atom. The van der Waals surface area contributed by atoms with Crippen LogP contribution < -0.4 is 11.1 Å². The Labute approximate surface area is 152 Å². The van der Waals surface area contributed by atoms with Gasteiger partial charge in [0.05, 0.1) is 0 Å². The maximum atomic E-state index is 12.3. The number of benzene rings is 1. The minimum absolute atomic E-state index is 0.142. The highest BCUT2D eigenvalue weighted by molar-refractivity contribution is 5.76. The van der Waals surface area contributed by atoms with Crippen LogP contribution in [0.3, 0.4) is 0 Å². The second-order valence-electron chi connectivity index (χ2n) is 7.92. The van der Waals surface area contributed by atoms with E-state index < -0.39 is 0 Å². The SMILES string of the molecule is CC1CCCCN1Cc1ccccc1CNC(=O)C[C@@H]1CCC[C@H]1N. The van der Waals surface area contributed by atoms with Crippen molar-refractivity contribution in [1.29, 1.82) is 0 Å². The molecule has 4 heteroatoms. The molecule has 1 aliphatic carbocycles. The number of carbonyl (C=O) groups excluding carboxylic acids is 1. The minimum atomic E-state index is 0.142. The number of amides is 1. The Bertz CT molecular complexity index is 574. The summed E-state index contributed by atoms with van der Waals surface area (Å²) in [6.07, 6.45) is 7.83. The van der Waals surface area contributed by atoms with Gasteiger partial charge in [-0.1, -0.05) is 37.1 Å². The van der Waals surface area contributed by atoms with Gasteiger partial charge in [0.15, 0.2) is 0 Å². The second-order valence-corrected chi connectivity index (χ2v) is 7.92. The van der Waals surface area contributed by atoms with Crippen LogP contribution in [0.4, 0.5) is 0 Å². The molecule has 0 radical (unpaired) electrons. The second kappa shape index (κ2) is 8.81. The molecular weight excluding hydrogens is 310 g/mol. The molecule has 2 fully saturated rings. The van der Waals surface area contributed by atoms with E-state index >= 15 is 0 Å². The van der Waals surface area contributed by atoms with Crippen LogP contribution in [-0.2, 0) is 17.9 Å². The summed E-state index contributed by atoms with van der Waals surface area (Å²) in [5.74, 6) is 0.507. The van der Waals surface area contributed by atoms with Gasteiger partial charge in [-0.05, 0) is 56.2 Å². The number of nitrogens with two attached hydrogens (primary N) is 1. The summed E-state index contributed by atoms with van der Waals surface area (Å²) >= 11 is 0. The number of likely N-dealkylation sites (tertiary alicyclic amines) is 1. The van der Waals surface area contributed by atoms with Gasteiger partial charge in [0.2, 0.25) is 5.91 Å². The van der Waals surface area contributed by atoms with Crippen molar-refractivity contribution in [2.75, 3.05) is 6.54 Å². The van der Waals surface area contributed by atoms with Crippen LogP contribution in [0.2, 0.25) is 0 Å². The van der Waals surface area contributed by atoms with Crippen LogP contribution >= 0.6 is 0 Å². The number of nitrogens with zero attached hydrogens (tertiary/aromatic N) is 1. The van der Waals surface area contributed by atoms with E-state index in [9.17, 15) is 4.79 Å². The van der Waals surface area contributed by atoms with Crippen LogP contribution in [0.15, 0.2) is 24.3 Å². The molecule has 1 amide bonds. The zero-order valence-corrected chi connectivity index (χ0v) is 15.5. The van der Waals surface area contributed by atoms with Crippen molar-refractivity contribution >= 4 is 5.91 Å². The van der Waals surface area contributed by atoms with Crippen molar-refractivity contribution in [2.24, 2.45) is 11.7 Å². The van der Waals surface area contributed by atoms with E-state index in [1.807, 2.05) is 0 Å². The van der Waals surface area contributed by atoms with E-state index in [1.54, 1.807) is 0 Å². The summed E-state index contributed by atoms with van der Waals surface area (Å²) in [4.78, 5) is 14.9. The first kappa shape index (κ1) is 18.4. The molecule has 4 nitrogen and oxygen atoms in total. The predicted molar refractivity (Wildman–Crippen MR) is 102 cm³/mol. The lowest BCUT2D eigenvalue weighted by Gasteiger charge is -2.33. The summed E-state index contributed by atoms with van der Waals surface area (Å²) in [6, 6.07) is 9.38. The standard InChI is InChI=1S/C21H33N3O/c1-16-7-4-5-12-24(16)15-19-9-3-2-8-18(19)14-23-21(25)13-17-10-6-11-20(17)22/h2-3,8-9,16-17,20H,4-7,10-15,22H2,1H3,(H,23,25)/t16?,17-,20+/m0/s1. The van der Waals surface area contributed by atoms with E-state index in [2.05, 4.69) is 41.4 Å². The molecule has 1 aromatic carbocycles. The molecule has 1 saturated heterocycles. The summed E-state index contributed by atoms with van der Waals surface area (Å²) in [5.41, 5.74) is 8.67. The molecule has 1 saturated carbocycles. The van der Waals surface area contributed by atoms with Gasteiger partial charge in [-0.2, -0.15) is 0 Å². The highest BCUT2D eigenvalue weighted by atomic mass is 16.1. The first-order valence-corrected chi connectivity index (χ1v) is 9.96. The monoisotopic (exact) mass is 343 g/mol. The first-order chi connectivity index (χ1) is 12.1. The minimum Gasteiger partial charge on any atom is -0.352 e. The zero-order chi connectivity index (χ0) is 17.6. The Morgan fingerprint density at radius 1 is 1.16 bits per heavy atom. The largest absolute Gasteiger partial charge is 0.352 e. The molecular formula is C21H33N3O. The lowest BCUT2D eigenvalue weighted by molar-refractivity contribution is -0.122. The van der Waals surface area contributed by atoms with E-state index in [1.165, 1.54) is 36.9 Å². The summed E-state index contributed by atoms with van der Waals surface area (Å²) < 4.78 is 0. The highest BCUT2D eigenvalue weighted by Gasteiger charge is 2.26. The van der Waals surface area contributed by atoms with Crippen LogP contribution in [-0.4, -0.2) is 29.4 Å². The van der Waals surface area contributed by atoms with Crippen molar-refractivity contribution in [3.8, 4) is 0 Å². The average molecular weight is 344 g/mol. The average Bonchev–Trinajstić information content (AvgIpc) is 3.01. The van der Waals surface area contributed by atoms with Crippen molar-refractivity contribution in [2.45, 2.75) is 77.0 Å². The molecule has 0 spiro atoms. The van der Waals surface area contributed by atoms with Gasteiger partial charge in [-0.3, -0.25) is 9.69 Å². The topological polar surface area (TPSA) is 58.4 Å². The Morgan fingerprint density at radius 3 is 2.68 bits per heavy atom. The smallest absolute Gasteiger partial charge is 0.220 e. The molecule has 0 aromatic heterocycles. The Balaban J connectivity index is 1.54. The van der Waals surface area contributed by atoms with Gasteiger partial charge in [0.1, 0.15) is 0 Å². The lowest BCUT2D eigenvalue weighted by Crippen LogP contribution is -2.37. The van der Waals surface area contributed by atoms with Crippen molar-refractivity contribution in [3.63, 3.8) is 0 Å². The number of nitrogens with one attached hydrogen (secondary N) is 1. The summed E-state index contributed by atoms with van der Waals surface area (Å²) in [7, 11) is 0. The summed E-state index contributed by atoms with van der Waals surface area (Å²) in [5, 5.41) is 3.12. The molecule has 1 heterocycles. The van der Waals surface area contributed by atoms with Gasteiger partial charge in [-0.25, -0.2) is 0 Å². The number of piperidine rings is 1. The van der Waals surface area contributed by atoms with E-state index in [4.69, 9.17) is 5.73 Å². The van der Waals surface area contributed by atoms with Crippen molar-refractivity contribution < 1.29 is 4.79 Å². The Hall–Kier alpha value is -1.39. The fourth-order valence-electron chi connectivity index (χ4n) is 4.32. The Kier molecular flexibility index (Phi) is 6.49. The number of hydrogen-bond acceptors (Lipinski definition) is 3. The third kappa shape index (κ3) is 5.05. The molecule has 3 N–H and O–H groups in total. The molecule has 1 unspecified atom stereocenters. The maximum absolute atomic E-state index is 12.3. The first-order valence-electron chi connectivity index (χ1n) is 9.96. The third-order valence-electron chi connectivity index (χ3n) is 6.07. The number of carbonyl (C=O) groups is 1. The number of hydrogen-bond donors (Lipinski definition) is 2. The van der Waals surface area contributed by atoms with Crippen LogP contribution in [0.5, 0.6) is 0 Å². The predicted octanol–water partition coefficient (Wildman–Crippen LogP) is 3.19. The fraction of sp³-hybridized carbons (Fsp3) is 0.667. The van der Waals surface area contributed by atoms with Crippen molar-refractivity contribution in [3.05, 3.63) is 35.4 Å². The fourth-order valence-corrected chi connectivity index (χ4v) is 4.32. The van der Waals surface area contributed by atoms with Gasteiger partial charge in [0, 0.05) is 31.6 Å². The van der Waals surface area contributed by atoms with Gasteiger partial charge >= 0.3 is 0 Å². The molecule has 0 bridgehead atoms. The third-order valence-corrected chi connectivity index (χ3v) is 6.07. The molecule has 25 heavy (non-hydrogen) atoms. The van der Waals surface area contributed by atoms with Gasteiger partial charge < -0.3 is 11.1 Å². The molecule has 2 aliphatic rings. The molecule has 1 aromatic rings. The van der Waals surface area contributed by atoms with E-state index in [0.29, 0.717) is 24.9 Å². The zero-order valence-electron chi connectivity index (χ0n) is 15.5. The molecule has 3 rings (SSSR count). The maximum Gasteiger partial charge on any atom is 0.220 e.